The predicted octanol–water partition coefficient (Wildman–Crippen LogP) is 5.56. The number of nitrogens with one attached hydrogen (secondary N) is 2. The first-order valence-corrected chi connectivity index (χ1v) is 12.4. The van der Waals surface area contributed by atoms with Gasteiger partial charge in [0.1, 0.15) is 6.61 Å². The fourth-order valence-electron chi connectivity index (χ4n) is 3.23. The molecular weight excluding hydrogens is 485 g/mol. The van der Waals surface area contributed by atoms with Crippen molar-refractivity contribution in [3.05, 3.63) is 57.8 Å². The van der Waals surface area contributed by atoms with E-state index in [0.717, 1.165) is 30.5 Å². The molecule has 0 saturated heterocycles. The lowest BCUT2D eigenvalue weighted by Gasteiger charge is -2.21. The Morgan fingerprint density at radius 1 is 1.20 bits per heavy atom. The third kappa shape index (κ3) is 9.68. The smallest absolute Gasteiger partial charge is 0.168 e. The van der Waals surface area contributed by atoms with E-state index >= 15 is 0 Å². The number of nitrogens with zero attached hydrogens (tertiary/aromatic N) is 2. The summed E-state index contributed by atoms with van der Waals surface area (Å²) in [5.41, 5.74) is 8.03. The number of hydrogen-bond donors (Lipinski definition) is 3. The van der Waals surface area contributed by atoms with Crippen molar-refractivity contribution in [3.8, 4) is 5.75 Å². The van der Waals surface area contributed by atoms with Crippen LogP contribution in [0.2, 0.25) is 10.0 Å². The minimum absolute atomic E-state index is 0.0994. The van der Waals surface area contributed by atoms with E-state index in [1.165, 1.54) is 6.20 Å². The zero-order chi connectivity index (χ0) is 25.8. The highest BCUT2D eigenvalue weighted by atomic mass is 35.5. The molecule has 1 heterocycles. The number of aliphatic imine (C=N–C) groups is 1. The van der Waals surface area contributed by atoms with Crippen molar-refractivity contribution < 1.29 is 9.47 Å². The zero-order valence-corrected chi connectivity index (χ0v) is 22.7. The molecule has 7 nitrogen and oxygen atoms in total. The van der Waals surface area contributed by atoms with Crippen molar-refractivity contribution in [3.63, 3.8) is 0 Å². The molecule has 1 aromatic heterocycles. The maximum Gasteiger partial charge on any atom is 0.168 e. The lowest BCUT2D eigenvalue weighted by Crippen LogP contribution is -2.23. The molecule has 2 aromatic rings. The van der Waals surface area contributed by atoms with E-state index in [-0.39, 0.29) is 18.2 Å². The molecule has 9 heteroatoms. The third-order valence-electron chi connectivity index (χ3n) is 5.17. The summed E-state index contributed by atoms with van der Waals surface area (Å²) in [5.74, 6) is 1.15. The summed E-state index contributed by atoms with van der Waals surface area (Å²) >= 11 is 12.6. The van der Waals surface area contributed by atoms with Crippen LogP contribution in [0.4, 0.5) is 5.82 Å². The van der Waals surface area contributed by atoms with Crippen molar-refractivity contribution in [1.82, 2.24) is 10.3 Å². The average Bonchev–Trinajstić information content (AvgIpc) is 2.81. The van der Waals surface area contributed by atoms with E-state index in [1.807, 2.05) is 13.1 Å². The van der Waals surface area contributed by atoms with Gasteiger partial charge in [0.05, 0.1) is 11.6 Å². The van der Waals surface area contributed by atoms with Gasteiger partial charge in [0, 0.05) is 59.0 Å². The fraction of sp³-hybridized carbons (Fsp3) is 0.462. The van der Waals surface area contributed by atoms with Crippen LogP contribution in [-0.2, 0) is 11.3 Å². The van der Waals surface area contributed by atoms with Crippen LogP contribution in [0, 0.1) is 0 Å². The number of rotatable bonds is 13. The molecule has 2 rings (SSSR count). The monoisotopic (exact) mass is 521 g/mol. The van der Waals surface area contributed by atoms with Gasteiger partial charge in [0.15, 0.2) is 11.6 Å². The number of nitrogens with two attached hydrogens (primary N) is 1. The van der Waals surface area contributed by atoms with Crippen molar-refractivity contribution in [2.24, 2.45) is 10.7 Å². The number of aromatic nitrogens is 1. The molecular formula is C26H37Cl2N5O2. The van der Waals surface area contributed by atoms with E-state index in [1.54, 1.807) is 37.7 Å². The summed E-state index contributed by atoms with van der Waals surface area (Å²) in [7, 11) is 3.72. The lowest BCUT2D eigenvalue weighted by molar-refractivity contribution is -0.00607. The van der Waals surface area contributed by atoms with Crippen molar-refractivity contribution in [1.29, 1.82) is 0 Å². The Balaban J connectivity index is 2.19. The van der Waals surface area contributed by atoms with Gasteiger partial charge in [-0.15, -0.1) is 0 Å². The van der Waals surface area contributed by atoms with Gasteiger partial charge in [-0.05, 0) is 65.4 Å². The highest BCUT2D eigenvalue weighted by molar-refractivity contribution is 6.35. The molecule has 0 saturated carbocycles. The highest BCUT2D eigenvalue weighted by Crippen LogP contribution is 2.30. The maximum atomic E-state index is 6.29. The molecule has 0 radical (unpaired) electrons. The van der Waals surface area contributed by atoms with Crippen LogP contribution in [0.15, 0.2) is 41.7 Å². The van der Waals surface area contributed by atoms with Crippen molar-refractivity contribution in [2.75, 3.05) is 32.6 Å². The van der Waals surface area contributed by atoms with Crippen LogP contribution in [-0.4, -0.2) is 50.1 Å². The Bertz CT molecular complexity index is 985. The Morgan fingerprint density at radius 2 is 1.91 bits per heavy atom. The van der Waals surface area contributed by atoms with Crippen LogP contribution < -0.4 is 21.1 Å². The van der Waals surface area contributed by atoms with Gasteiger partial charge in [-0.3, -0.25) is 4.99 Å². The number of pyridine rings is 1. The summed E-state index contributed by atoms with van der Waals surface area (Å²) in [6, 6.07) is 7.33. The van der Waals surface area contributed by atoms with Gasteiger partial charge >= 0.3 is 0 Å². The van der Waals surface area contributed by atoms with Gasteiger partial charge in [-0.25, -0.2) is 4.98 Å². The van der Waals surface area contributed by atoms with Gasteiger partial charge in [-0.2, -0.15) is 0 Å². The second kappa shape index (κ2) is 14.3. The molecule has 1 atom stereocenters. The Labute approximate surface area is 219 Å². The summed E-state index contributed by atoms with van der Waals surface area (Å²) in [6.07, 6.45) is 6.76. The Kier molecular flexibility index (Phi) is 11.8. The number of allylic oxidation sites excluding steroid dienone is 1. The molecule has 0 spiro atoms. The summed E-state index contributed by atoms with van der Waals surface area (Å²) in [6.45, 7) is 7.85. The maximum absolute atomic E-state index is 6.29. The second-order valence-corrected chi connectivity index (χ2v) is 9.82. The van der Waals surface area contributed by atoms with Crippen molar-refractivity contribution >= 4 is 40.8 Å². The summed E-state index contributed by atoms with van der Waals surface area (Å²) < 4.78 is 11.9. The zero-order valence-electron chi connectivity index (χ0n) is 21.2. The van der Waals surface area contributed by atoms with E-state index in [2.05, 4.69) is 36.4 Å². The first-order valence-electron chi connectivity index (χ1n) is 11.7. The number of anilines is 1. The molecule has 0 aliphatic carbocycles. The van der Waals surface area contributed by atoms with Gasteiger partial charge in [-0.1, -0.05) is 29.3 Å². The molecule has 0 amide bonds. The molecule has 4 N–H and O–H groups in total. The van der Waals surface area contributed by atoms with E-state index < -0.39 is 0 Å². The normalized spacial score (nSPS) is 13.3. The molecule has 0 fully saturated rings. The third-order valence-corrected chi connectivity index (χ3v) is 5.88. The number of ether oxygens (including phenoxy) is 2. The minimum atomic E-state index is -0.176. The van der Waals surface area contributed by atoms with Gasteiger partial charge < -0.3 is 25.8 Å². The van der Waals surface area contributed by atoms with E-state index in [0.29, 0.717) is 33.8 Å². The lowest BCUT2D eigenvalue weighted by atomic mass is 10.1. The second-order valence-electron chi connectivity index (χ2n) is 9.01. The first-order chi connectivity index (χ1) is 16.7. The van der Waals surface area contributed by atoms with E-state index in [4.69, 9.17) is 43.4 Å². The molecule has 1 unspecified atom stereocenters. The van der Waals surface area contributed by atoms with Crippen LogP contribution in [0.5, 0.6) is 5.75 Å². The highest BCUT2D eigenvalue weighted by Gasteiger charge is 2.14. The minimum Gasteiger partial charge on any atom is -0.485 e. The molecule has 0 aliphatic rings. The molecule has 192 valence electrons. The quantitative estimate of drug-likeness (QED) is 0.298. The Hall–Kier alpha value is -2.32. The van der Waals surface area contributed by atoms with Crippen LogP contribution in [0.1, 0.15) is 44.7 Å². The summed E-state index contributed by atoms with van der Waals surface area (Å²) in [4.78, 5) is 9.29. The topological polar surface area (TPSA) is 93.8 Å². The SMILES string of the molecule is CNCCC(CCOC(C)(C)C)N=C/C(=C\N)c1cnc(NC)c(OCc2c(Cl)cccc2Cl)c1. The van der Waals surface area contributed by atoms with Crippen LogP contribution >= 0.6 is 23.2 Å². The van der Waals surface area contributed by atoms with Gasteiger partial charge in [0.2, 0.25) is 0 Å². The van der Waals surface area contributed by atoms with Crippen molar-refractivity contribution in [2.45, 2.75) is 51.9 Å². The Morgan fingerprint density at radius 3 is 2.51 bits per heavy atom. The number of benzene rings is 1. The van der Waals surface area contributed by atoms with Crippen LogP contribution in [0.3, 0.4) is 0 Å². The number of halogens is 2. The molecule has 35 heavy (non-hydrogen) atoms. The number of hydrogen-bond acceptors (Lipinski definition) is 7. The average molecular weight is 523 g/mol. The standard InChI is InChI=1S/C26H37Cl2N5O2/c1-26(2,3)35-12-10-20(9-11-30-4)32-16-19(14-29)18-13-24(25(31-5)33-15-18)34-17-21-22(27)7-6-8-23(21)28/h6-8,13-16,20,30H,9-12,17,29H2,1-5H3,(H,31,33)/b19-14+,32-16?. The van der Waals surface area contributed by atoms with Crippen LogP contribution in [0.25, 0.3) is 5.57 Å². The molecule has 0 aliphatic heterocycles. The first kappa shape index (κ1) is 28.9. The molecule has 1 aromatic carbocycles. The summed E-state index contributed by atoms with van der Waals surface area (Å²) in [5, 5.41) is 7.33. The van der Waals surface area contributed by atoms with E-state index in [9.17, 15) is 0 Å². The van der Waals surface area contributed by atoms with Gasteiger partial charge in [0.25, 0.3) is 0 Å². The largest absolute Gasteiger partial charge is 0.485 e. The fourth-order valence-corrected chi connectivity index (χ4v) is 3.73. The molecule has 0 bridgehead atoms. The predicted molar refractivity (Wildman–Crippen MR) is 148 cm³/mol.